The van der Waals surface area contributed by atoms with Crippen molar-refractivity contribution < 1.29 is 4.79 Å². The fourth-order valence-corrected chi connectivity index (χ4v) is 2.29. The first kappa shape index (κ1) is 14.8. The van der Waals surface area contributed by atoms with Gasteiger partial charge in [-0.25, -0.2) is 4.98 Å². The molecule has 0 aliphatic carbocycles. The molecule has 1 saturated heterocycles. The highest BCUT2D eigenvalue weighted by Gasteiger charge is 2.23. The van der Waals surface area contributed by atoms with Crippen LogP contribution < -0.4 is 10.6 Å². The quantitative estimate of drug-likeness (QED) is 0.894. The summed E-state index contributed by atoms with van der Waals surface area (Å²) in [5, 5.41) is 0. The Morgan fingerprint density at radius 2 is 2.00 bits per heavy atom. The number of rotatable bonds is 4. The number of piperazine rings is 1. The van der Waals surface area contributed by atoms with Crippen molar-refractivity contribution in [2.45, 2.75) is 26.3 Å². The van der Waals surface area contributed by atoms with Crippen molar-refractivity contribution in [1.82, 2.24) is 9.88 Å². The van der Waals surface area contributed by atoms with Crippen LogP contribution >= 0.6 is 0 Å². The van der Waals surface area contributed by atoms with Crippen LogP contribution in [0.4, 0.5) is 5.82 Å². The van der Waals surface area contributed by atoms with Gasteiger partial charge in [-0.15, -0.1) is 0 Å². The van der Waals surface area contributed by atoms with Crippen molar-refractivity contribution in [3.05, 3.63) is 24.4 Å². The zero-order chi connectivity index (χ0) is 14.5. The van der Waals surface area contributed by atoms with E-state index in [0.29, 0.717) is 12.3 Å². The Hall–Kier alpha value is -1.62. The van der Waals surface area contributed by atoms with E-state index < -0.39 is 0 Å². The number of anilines is 1. The van der Waals surface area contributed by atoms with E-state index in [0.717, 1.165) is 32.0 Å². The van der Waals surface area contributed by atoms with Crippen molar-refractivity contribution in [1.29, 1.82) is 0 Å². The van der Waals surface area contributed by atoms with Gasteiger partial charge in [-0.1, -0.05) is 19.9 Å². The fourth-order valence-electron chi connectivity index (χ4n) is 2.29. The Morgan fingerprint density at radius 1 is 1.30 bits per heavy atom. The Labute approximate surface area is 120 Å². The van der Waals surface area contributed by atoms with E-state index in [1.807, 2.05) is 23.1 Å². The lowest BCUT2D eigenvalue weighted by Crippen LogP contribution is -2.50. The second-order valence-electron chi connectivity index (χ2n) is 5.67. The molecule has 0 bridgehead atoms. The number of carbonyl (C=O) groups excluding carboxylic acids is 1. The second-order valence-corrected chi connectivity index (χ2v) is 5.67. The summed E-state index contributed by atoms with van der Waals surface area (Å²) in [6, 6.07) is 5.86. The summed E-state index contributed by atoms with van der Waals surface area (Å²) in [5.74, 6) is 1.50. The van der Waals surface area contributed by atoms with Crippen LogP contribution in [0.25, 0.3) is 0 Å². The Bertz CT molecular complexity index is 427. The maximum Gasteiger partial charge on any atom is 0.224 e. The number of hydrogen-bond donors (Lipinski definition) is 1. The van der Waals surface area contributed by atoms with Crippen LogP contribution in [0.15, 0.2) is 24.4 Å². The SMILES string of the molecule is CC(C)C(N)CC(=O)N1CCN(c2ccccn2)CC1. The minimum Gasteiger partial charge on any atom is -0.353 e. The molecule has 2 rings (SSSR count). The van der Waals surface area contributed by atoms with Gasteiger partial charge < -0.3 is 15.5 Å². The molecule has 1 aliphatic rings. The molecule has 20 heavy (non-hydrogen) atoms. The van der Waals surface area contributed by atoms with Gasteiger partial charge in [0.25, 0.3) is 0 Å². The maximum atomic E-state index is 12.2. The fraction of sp³-hybridized carbons (Fsp3) is 0.600. The number of amides is 1. The molecule has 1 fully saturated rings. The topological polar surface area (TPSA) is 62.5 Å². The highest BCUT2D eigenvalue weighted by molar-refractivity contribution is 5.77. The second kappa shape index (κ2) is 6.70. The molecule has 5 heteroatoms. The van der Waals surface area contributed by atoms with Gasteiger partial charge in [0.1, 0.15) is 5.82 Å². The van der Waals surface area contributed by atoms with Crippen LogP contribution in [0.5, 0.6) is 0 Å². The van der Waals surface area contributed by atoms with Gasteiger partial charge in [0.05, 0.1) is 0 Å². The summed E-state index contributed by atoms with van der Waals surface area (Å²) in [6.07, 6.45) is 2.25. The molecule has 0 aromatic carbocycles. The van der Waals surface area contributed by atoms with Crippen LogP contribution in [-0.2, 0) is 4.79 Å². The summed E-state index contributed by atoms with van der Waals surface area (Å²) in [6.45, 7) is 7.27. The average Bonchev–Trinajstić information content (AvgIpc) is 2.48. The zero-order valence-corrected chi connectivity index (χ0v) is 12.3. The van der Waals surface area contributed by atoms with Crippen LogP contribution in [0.3, 0.4) is 0 Å². The third kappa shape index (κ3) is 3.70. The van der Waals surface area contributed by atoms with Crippen LogP contribution in [0.2, 0.25) is 0 Å². The van der Waals surface area contributed by atoms with E-state index in [4.69, 9.17) is 5.73 Å². The van der Waals surface area contributed by atoms with Gasteiger partial charge in [-0.3, -0.25) is 4.79 Å². The third-order valence-corrected chi connectivity index (χ3v) is 3.87. The van der Waals surface area contributed by atoms with Gasteiger partial charge >= 0.3 is 0 Å². The van der Waals surface area contributed by atoms with Gasteiger partial charge in [-0.05, 0) is 18.1 Å². The minimum atomic E-state index is -0.0451. The molecule has 1 unspecified atom stereocenters. The van der Waals surface area contributed by atoms with E-state index in [1.54, 1.807) is 6.20 Å². The summed E-state index contributed by atoms with van der Waals surface area (Å²) in [5.41, 5.74) is 5.97. The lowest BCUT2D eigenvalue weighted by molar-refractivity contribution is -0.132. The first-order valence-corrected chi connectivity index (χ1v) is 7.27. The molecule has 5 nitrogen and oxygen atoms in total. The monoisotopic (exact) mass is 276 g/mol. The number of carbonyl (C=O) groups is 1. The molecule has 0 radical (unpaired) electrons. The lowest BCUT2D eigenvalue weighted by Gasteiger charge is -2.36. The molecule has 1 amide bonds. The molecule has 1 aliphatic heterocycles. The predicted molar refractivity (Wildman–Crippen MR) is 80.5 cm³/mol. The van der Waals surface area contributed by atoms with E-state index in [9.17, 15) is 4.79 Å². The van der Waals surface area contributed by atoms with Crippen LogP contribution in [0.1, 0.15) is 20.3 Å². The van der Waals surface area contributed by atoms with Gasteiger partial charge in [-0.2, -0.15) is 0 Å². The highest BCUT2D eigenvalue weighted by Crippen LogP contribution is 2.14. The molecule has 1 atom stereocenters. The summed E-state index contributed by atoms with van der Waals surface area (Å²) in [4.78, 5) is 20.6. The molecule has 1 aromatic heterocycles. The normalized spacial score (nSPS) is 17.4. The molecule has 0 saturated carbocycles. The Balaban J connectivity index is 1.84. The first-order chi connectivity index (χ1) is 9.58. The van der Waals surface area contributed by atoms with Crippen molar-refractivity contribution in [2.75, 3.05) is 31.1 Å². The van der Waals surface area contributed by atoms with Crippen molar-refractivity contribution in [3.8, 4) is 0 Å². The maximum absolute atomic E-state index is 12.2. The molecule has 0 spiro atoms. The number of aromatic nitrogens is 1. The van der Waals surface area contributed by atoms with E-state index >= 15 is 0 Å². The number of nitrogens with two attached hydrogens (primary N) is 1. The third-order valence-electron chi connectivity index (χ3n) is 3.87. The van der Waals surface area contributed by atoms with E-state index in [-0.39, 0.29) is 11.9 Å². The highest BCUT2D eigenvalue weighted by atomic mass is 16.2. The van der Waals surface area contributed by atoms with E-state index in [2.05, 4.69) is 23.7 Å². The molecule has 110 valence electrons. The Kier molecular flexibility index (Phi) is 4.95. The number of nitrogens with zero attached hydrogens (tertiary/aromatic N) is 3. The van der Waals surface area contributed by atoms with Gasteiger partial charge in [0, 0.05) is 44.8 Å². The summed E-state index contributed by atoms with van der Waals surface area (Å²) < 4.78 is 0. The van der Waals surface area contributed by atoms with Crippen LogP contribution in [-0.4, -0.2) is 48.0 Å². The zero-order valence-electron chi connectivity index (χ0n) is 12.3. The molecular weight excluding hydrogens is 252 g/mol. The first-order valence-electron chi connectivity index (χ1n) is 7.27. The van der Waals surface area contributed by atoms with Crippen molar-refractivity contribution in [3.63, 3.8) is 0 Å². The van der Waals surface area contributed by atoms with E-state index in [1.165, 1.54) is 0 Å². The van der Waals surface area contributed by atoms with Crippen molar-refractivity contribution in [2.24, 2.45) is 11.7 Å². The smallest absolute Gasteiger partial charge is 0.224 e. The van der Waals surface area contributed by atoms with Crippen LogP contribution in [0, 0.1) is 5.92 Å². The average molecular weight is 276 g/mol. The summed E-state index contributed by atoms with van der Waals surface area (Å²) in [7, 11) is 0. The standard InChI is InChI=1S/C15H24N4O/c1-12(2)13(16)11-15(20)19-9-7-18(8-10-19)14-5-3-4-6-17-14/h3-6,12-13H,7-11,16H2,1-2H3. The number of pyridine rings is 1. The predicted octanol–water partition coefficient (Wildman–Crippen LogP) is 1.10. The minimum absolute atomic E-state index is 0.0451. The Morgan fingerprint density at radius 3 is 2.55 bits per heavy atom. The molecular formula is C15H24N4O. The van der Waals surface area contributed by atoms with Gasteiger partial charge in [0.15, 0.2) is 0 Å². The van der Waals surface area contributed by atoms with Crippen molar-refractivity contribution >= 4 is 11.7 Å². The number of hydrogen-bond acceptors (Lipinski definition) is 4. The van der Waals surface area contributed by atoms with Gasteiger partial charge in [0.2, 0.25) is 5.91 Å². The largest absolute Gasteiger partial charge is 0.353 e. The molecule has 1 aromatic rings. The summed E-state index contributed by atoms with van der Waals surface area (Å²) >= 11 is 0. The molecule has 2 N–H and O–H groups in total. The lowest BCUT2D eigenvalue weighted by atomic mass is 10.0. The molecule has 2 heterocycles.